The predicted molar refractivity (Wildman–Crippen MR) is 127 cm³/mol. The summed E-state index contributed by atoms with van der Waals surface area (Å²) in [6.07, 6.45) is 7.60. The second-order valence-corrected chi connectivity index (χ2v) is 7.82. The number of anilines is 1. The molecule has 1 N–H and O–H groups in total. The largest absolute Gasteiger partial charge is 0.356 e. The number of halogens is 1. The summed E-state index contributed by atoms with van der Waals surface area (Å²) in [5, 5.41) is 3.28. The quantitative estimate of drug-likeness (QED) is 0.381. The summed E-state index contributed by atoms with van der Waals surface area (Å²) in [5.41, 5.74) is 7.60. The standard InChI is InChI=1S/C26H22FN5/c1-17-6-7-19(13-23(17)18(2)30-21-10-8-20(27)9-11-21)22-5-4-12-32-25(22)14-28-26(32)24-15-31(3)16-29-24/h4-16,30H,2H2,1,3H3. The van der Waals surface area contributed by atoms with Crippen molar-refractivity contribution in [3.05, 3.63) is 103 Å². The van der Waals surface area contributed by atoms with Gasteiger partial charge in [-0.1, -0.05) is 24.8 Å². The van der Waals surface area contributed by atoms with Crippen molar-refractivity contribution in [2.75, 3.05) is 5.32 Å². The number of aromatic nitrogens is 4. The fourth-order valence-corrected chi connectivity index (χ4v) is 3.87. The van der Waals surface area contributed by atoms with E-state index in [2.05, 4.69) is 57.5 Å². The molecule has 3 heterocycles. The fourth-order valence-electron chi connectivity index (χ4n) is 3.87. The summed E-state index contributed by atoms with van der Waals surface area (Å²) >= 11 is 0. The molecule has 0 radical (unpaired) electrons. The van der Waals surface area contributed by atoms with Gasteiger partial charge in [0.15, 0.2) is 5.82 Å². The molecule has 5 rings (SSSR count). The van der Waals surface area contributed by atoms with E-state index in [0.717, 1.165) is 50.7 Å². The first-order valence-electron chi connectivity index (χ1n) is 10.3. The summed E-state index contributed by atoms with van der Waals surface area (Å²) in [4.78, 5) is 9.07. The molecule has 3 aromatic heterocycles. The Labute approximate surface area is 185 Å². The Kier molecular flexibility index (Phi) is 4.82. The third kappa shape index (κ3) is 3.56. The zero-order valence-electron chi connectivity index (χ0n) is 17.9. The van der Waals surface area contributed by atoms with E-state index in [1.807, 2.05) is 36.3 Å². The minimum atomic E-state index is -0.265. The lowest BCUT2D eigenvalue weighted by Gasteiger charge is -2.15. The van der Waals surface area contributed by atoms with E-state index >= 15 is 0 Å². The van der Waals surface area contributed by atoms with Crippen LogP contribution in [-0.4, -0.2) is 18.9 Å². The molecule has 32 heavy (non-hydrogen) atoms. The van der Waals surface area contributed by atoms with Crippen molar-refractivity contribution in [3.8, 4) is 22.6 Å². The van der Waals surface area contributed by atoms with Crippen LogP contribution in [0.1, 0.15) is 11.1 Å². The van der Waals surface area contributed by atoms with Crippen molar-refractivity contribution in [2.24, 2.45) is 7.05 Å². The first kappa shape index (κ1) is 19.8. The van der Waals surface area contributed by atoms with E-state index in [4.69, 9.17) is 0 Å². The third-order valence-corrected chi connectivity index (χ3v) is 5.52. The highest BCUT2D eigenvalue weighted by Crippen LogP contribution is 2.31. The van der Waals surface area contributed by atoms with Crippen LogP contribution in [-0.2, 0) is 7.05 Å². The van der Waals surface area contributed by atoms with E-state index in [1.165, 1.54) is 12.1 Å². The number of pyridine rings is 1. The van der Waals surface area contributed by atoms with Gasteiger partial charge in [0.25, 0.3) is 0 Å². The monoisotopic (exact) mass is 423 g/mol. The lowest BCUT2D eigenvalue weighted by Crippen LogP contribution is -2.00. The molecule has 0 amide bonds. The molecule has 0 saturated heterocycles. The summed E-state index contributed by atoms with van der Waals surface area (Å²) in [7, 11) is 1.94. The Morgan fingerprint density at radius 1 is 1.06 bits per heavy atom. The Hall–Kier alpha value is -4.19. The molecule has 2 aromatic carbocycles. The highest BCUT2D eigenvalue weighted by Gasteiger charge is 2.14. The van der Waals surface area contributed by atoms with Crippen LogP contribution in [0.15, 0.2) is 86.1 Å². The smallest absolute Gasteiger partial charge is 0.164 e. The van der Waals surface area contributed by atoms with Crippen LogP contribution in [0.4, 0.5) is 10.1 Å². The van der Waals surface area contributed by atoms with Gasteiger partial charge in [-0.25, -0.2) is 14.4 Å². The van der Waals surface area contributed by atoms with Crippen LogP contribution < -0.4 is 5.32 Å². The lowest BCUT2D eigenvalue weighted by atomic mass is 9.98. The van der Waals surface area contributed by atoms with Crippen molar-refractivity contribution in [1.29, 1.82) is 0 Å². The summed E-state index contributed by atoms with van der Waals surface area (Å²) in [5.74, 6) is 0.537. The number of nitrogens with one attached hydrogen (secondary N) is 1. The van der Waals surface area contributed by atoms with Crippen LogP contribution >= 0.6 is 0 Å². The summed E-state index contributed by atoms with van der Waals surface area (Å²) < 4.78 is 17.2. The molecule has 0 atom stereocenters. The van der Waals surface area contributed by atoms with Gasteiger partial charge in [-0.3, -0.25) is 4.40 Å². The molecule has 0 bridgehead atoms. The second-order valence-electron chi connectivity index (χ2n) is 7.82. The van der Waals surface area contributed by atoms with Gasteiger partial charge in [-0.05, 0) is 54.4 Å². The van der Waals surface area contributed by atoms with Gasteiger partial charge in [0.05, 0.1) is 18.0 Å². The maximum atomic E-state index is 13.2. The highest BCUT2D eigenvalue weighted by molar-refractivity contribution is 5.85. The number of fused-ring (bicyclic) bond motifs is 1. The van der Waals surface area contributed by atoms with Crippen LogP contribution in [0.2, 0.25) is 0 Å². The SMILES string of the molecule is C=C(Nc1ccc(F)cc1)c1cc(-c2cccn3c(-c4cn(C)cn4)ncc23)ccc1C. The molecule has 158 valence electrons. The second kappa shape index (κ2) is 7.81. The number of nitrogens with zero attached hydrogens (tertiary/aromatic N) is 4. The zero-order chi connectivity index (χ0) is 22.2. The normalized spacial score (nSPS) is 11.1. The molecule has 5 aromatic rings. The van der Waals surface area contributed by atoms with Crippen molar-refractivity contribution in [3.63, 3.8) is 0 Å². The summed E-state index contributed by atoms with van der Waals surface area (Å²) in [6.45, 7) is 6.26. The Morgan fingerprint density at radius 2 is 1.88 bits per heavy atom. The third-order valence-electron chi connectivity index (χ3n) is 5.52. The summed E-state index contributed by atoms with van der Waals surface area (Å²) in [6, 6.07) is 16.7. The van der Waals surface area contributed by atoms with E-state index in [-0.39, 0.29) is 5.82 Å². The Morgan fingerprint density at radius 3 is 2.62 bits per heavy atom. The van der Waals surface area contributed by atoms with Gasteiger partial charge >= 0.3 is 0 Å². The molecule has 6 heteroatoms. The van der Waals surface area contributed by atoms with E-state index in [0.29, 0.717) is 0 Å². The van der Waals surface area contributed by atoms with Gasteiger partial charge in [-0.15, -0.1) is 0 Å². The highest BCUT2D eigenvalue weighted by atomic mass is 19.1. The minimum absolute atomic E-state index is 0.265. The zero-order valence-corrected chi connectivity index (χ0v) is 17.9. The molecule has 0 saturated carbocycles. The Bertz CT molecular complexity index is 1440. The average molecular weight is 423 g/mol. The maximum Gasteiger partial charge on any atom is 0.164 e. The van der Waals surface area contributed by atoms with Gasteiger partial charge in [0, 0.05) is 42.0 Å². The molecule has 0 unspecified atom stereocenters. The Balaban J connectivity index is 1.53. The van der Waals surface area contributed by atoms with Gasteiger partial charge in [0.2, 0.25) is 0 Å². The van der Waals surface area contributed by atoms with E-state index in [9.17, 15) is 4.39 Å². The molecular formula is C26H22FN5. The van der Waals surface area contributed by atoms with Crippen molar-refractivity contribution in [2.45, 2.75) is 6.92 Å². The van der Waals surface area contributed by atoms with E-state index in [1.54, 1.807) is 18.5 Å². The number of benzene rings is 2. The average Bonchev–Trinajstić information content (AvgIpc) is 3.41. The van der Waals surface area contributed by atoms with Gasteiger partial charge in [-0.2, -0.15) is 0 Å². The van der Waals surface area contributed by atoms with E-state index < -0.39 is 0 Å². The molecule has 0 aliphatic rings. The molecule has 0 spiro atoms. The number of imidazole rings is 2. The van der Waals surface area contributed by atoms with Crippen LogP contribution in [0.25, 0.3) is 33.9 Å². The molecule has 5 nitrogen and oxygen atoms in total. The molecule has 0 fully saturated rings. The van der Waals surface area contributed by atoms with Crippen LogP contribution in [0.3, 0.4) is 0 Å². The van der Waals surface area contributed by atoms with Crippen molar-refractivity contribution >= 4 is 16.9 Å². The molecule has 0 aliphatic carbocycles. The fraction of sp³-hybridized carbons (Fsp3) is 0.0769. The lowest BCUT2D eigenvalue weighted by molar-refractivity contribution is 0.628. The minimum Gasteiger partial charge on any atom is -0.356 e. The predicted octanol–water partition coefficient (Wildman–Crippen LogP) is 5.93. The number of hydrogen-bond acceptors (Lipinski definition) is 3. The maximum absolute atomic E-state index is 13.2. The van der Waals surface area contributed by atoms with Gasteiger partial charge < -0.3 is 9.88 Å². The van der Waals surface area contributed by atoms with Crippen molar-refractivity contribution in [1.82, 2.24) is 18.9 Å². The van der Waals surface area contributed by atoms with Crippen molar-refractivity contribution < 1.29 is 4.39 Å². The number of hydrogen-bond donors (Lipinski definition) is 1. The molecule has 0 aliphatic heterocycles. The first-order chi connectivity index (χ1) is 15.5. The molecular weight excluding hydrogens is 401 g/mol. The topological polar surface area (TPSA) is 47.1 Å². The number of aryl methyl sites for hydroxylation is 2. The van der Waals surface area contributed by atoms with Gasteiger partial charge in [0.1, 0.15) is 11.5 Å². The number of rotatable bonds is 5. The van der Waals surface area contributed by atoms with Crippen LogP contribution in [0, 0.1) is 12.7 Å². The van der Waals surface area contributed by atoms with Crippen LogP contribution in [0.5, 0.6) is 0 Å². The first-order valence-corrected chi connectivity index (χ1v) is 10.3.